The molecule has 0 aromatic carbocycles. The van der Waals surface area contributed by atoms with Gasteiger partial charge in [0.25, 0.3) is 0 Å². The van der Waals surface area contributed by atoms with E-state index in [1.807, 2.05) is 7.05 Å². The Kier molecular flexibility index (Phi) is 7.25. The Bertz CT molecular complexity index is 375. The Morgan fingerprint density at radius 2 is 1.62 bits per heavy atom. The smallest absolute Gasteiger partial charge is 0.193 e. The van der Waals surface area contributed by atoms with Crippen molar-refractivity contribution in [1.82, 2.24) is 15.1 Å². The number of aliphatic imine (C=N–C) groups is 1. The maximum absolute atomic E-state index is 4.54. The highest BCUT2D eigenvalue weighted by Gasteiger charge is 2.35. The molecule has 3 rings (SSSR count). The van der Waals surface area contributed by atoms with Crippen molar-refractivity contribution in [2.45, 2.75) is 64.2 Å². The van der Waals surface area contributed by atoms with Gasteiger partial charge in [0.15, 0.2) is 5.96 Å². The van der Waals surface area contributed by atoms with Gasteiger partial charge >= 0.3 is 0 Å². The third-order valence-electron chi connectivity index (χ3n) is 6.37. The van der Waals surface area contributed by atoms with Crippen LogP contribution in [0.2, 0.25) is 0 Å². The average molecular weight is 335 g/mol. The second kappa shape index (κ2) is 9.65. The highest BCUT2D eigenvalue weighted by atomic mass is 15.3. The van der Waals surface area contributed by atoms with Gasteiger partial charge in [-0.2, -0.15) is 0 Å². The summed E-state index contributed by atoms with van der Waals surface area (Å²) >= 11 is 0. The van der Waals surface area contributed by atoms with E-state index in [-0.39, 0.29) is 0 Å². The maximum Gasteiger partial charge on any atom is 0.193 e. The summed E-state index contributed by atoms with van der Waals surface area (Å²) in [5.41, 5.74) is 0. The molecule has 4 heteroatoms. The van der Waals surface area contributed by atoms with Crippen molar-refractivity contribution < 1.29 is 0 Å². The van der Waals surface area contributed by atoms with Gasteiger partial charge in [-0.3, -0.25) is 4.99 Å². The minimum Gasteiger partial charge on any atom is -0.356 e. The lowest BCUT2D eigenvalue weighted by Gasteiger charge is -2.26. The molecule has 1 aliphatic carbocycles. The monoisotopic (exact) mass is 334 g/mol. The fraction of sp³-hybridized carbons (Fsp3) is 0.950. The highest BCUT2D eigenvalue weighted by molar-refractivity contribution is 5.80. The van der Waals surface area contributed by atoms with Gasteiger partial charge < -0.3 is 15.1 Å². The quantitative estimate of drug-likeness (QED) is 0.459. The number of hydrogen-bond donors (Lipinski definition) is 1. The number of likely N-dealkylation sites (tertiary alicyclic amines) is 2. The van der Waals surface area contributed by atoms with E-state index in [0.717, 1.165) is 24.3 Å². The third-order valence-corrected chi connectivity index (χ3v) is 6.37. The zero-order valence-corrected chi connectivity index (χ0v) is 15.8. The molecular weight excluding hydrogens is 296 g/mol. The van der Waals surface area contributed by atoms with E-state index in [4.69, 9.17) is 0 Å². The fourth-order valence-corrected chi connectivity index (χ4v) is 4.93. The Labute approximate surface area is 149 Å². The fourth-order valence-electron chi connectivity index (χ4n) is 4.93. The average Bonchev–Trinajstić information content (AvgIpc) is 3.06. The molecule has 1 N–H and O–H groups in total. The number of hydrogen-bond acceptors (Lipinski definition) is 2. The van der Waals surface area contributed by atoms with Crippen LogP contribution in [0.15, 0.2) is 4.99 Å². The van der Waals surface area contributed by atoms with Crippen molar-refractivity contribution in [3.8, 4) is 0 Å². The molecule has 24 heavy (non-hydrogen) atoms. The van der Waals surface area contributed by atoms with Gasteiger partial charge in [0.2, 0.25) is 0 Å². The van der Waals surface area contributed by atoms with E-state index in [1.165, 1.54) is 96.9 Å². The largest absolute Gasteiger partial charge is 0.356 e. The Morgan fingerprint density at radius 1 is 0.917 bits per heavy atom. The van der Waals surface area contributed by atoms with Crippen LogP contribution in [-0.4, -0.2) is 62.1 Å². The first-order valence-corrected chi connectivity index (χ1v) is 10.5. The number of unbranched alkanes of at least 4 members (excludes halogenated alkanes) is 2. The lowest BCUT2D eigenvalue weighted by molar-refractivity contribution is 0.224. The number of guanidine groups is 1. The molecule has 2 unspecified atom stereocenters. The van der Waals surface area contributed by atoms with E-state index in [0.29, 0.717) is 0 Å². The van der Waals surface area contributed by atoms with Gasteiger partial charge in [-0.05, 0) is 70.0 Å². The summed E-state index contributed by atoms with van der Waals surface area (Å²) < 4.78 is 0. The molecule has 0 spiro atoms. The Balaban J connectivity index is 1.27. The lowest BCUT2D eigenvalue weighted by atomic mass is 9.82. The summed E-state index contributed by atoms with van der Waals surface area (Å²) in [4.78, 5) is 9.72. The number of fused-ring (bicyclic) bond motifs is 1. The van der Waals surface area contributed by atoms with Gasteiger partial charge in [-0.15, -0.1) is 0 Å². The van der Waals surface area contributed by atoms with Crippen LogP contribution < -0.4 is 5.32 Å². The molecule has 2 heterocycles. The second-order valence-corrected chi connectivity index (χ2v) is 8.15. The Morgan fingerprint density at radius 3 is 2.29 bits per heavy atom. The van der Waals surface area contributed by atoms with Crippen molar-refractivity contribution in [2.75, 3.05) is 46.3 Å². The molecule has 1 saturated carbocycles. The van der Waals surface area contributed by atoms with Gasteiger partial charge in [0.1, 0.15) is 0 Å². The first-order chi connectivity index (χ1) is 11.9. The van der Waals surface area contributed by atoms with Crippen molar-refractivity contribution in [3.05, 3.63) is 0 Å². The second-order valence-electron chi connectivity index (χ2n) is 8.15. The number of rotatable bonds is 6. The summed E-state index contributed by atoms with van der Waals surface area (Å²) in [6, 6.07) is 0. The van der Waals surface area contributed by atoms with Crippen LogP contribution in [0.4, 0.5) is 0 Å². The predicted molar refractivity (Wildman–Crippen MR) is 103 cm³/mol. The number of piperidine rings is 1. The van der Waals surface area contributed by atoms with Crippen molar-refractivity contribution in [2.24, 2.45) is 16.8 Å². The Hall–Kier alpha value is -0.770. The minimum atomic E-state index is 0.932. The molecular formula is C20H38N4. The normalized spacial score (nSPS) is 28.9. The third kappa shape index (κ3) is 5.11. The first kappa shape index (κ1) is 18.0. The van der Waals surface area contributed by atoms with Gasteiger partial charge in [-0.1, -0.05) is 25.7 Å². The minimum absolute atomic E-state index is 0.932. The lowest BCUT2D eigenvalue weighted by Crippen LogP contribution is -2.40. The molecule has 4 nitrogen and oxygen atoms in total. The van der Waals surface area contributed by atoms with Crippen LogP contribution in [0.25, 0.3) is 0 Å². The molecule has 2 saturated heterocycles. The van der Waals surface area contributed by atoms with Gasteiger partial charge in [-0.25, -0.2) is 0 Å². The van der Waals surface area contributed by atoms with Crippen LogP contribution in [0, 0.1) is 11.8 Å². The van der Waals surface area contributed by atoms with E-state index in [1.54, 1.807) is 0 Å². The van der Waals surface area contributed by atoms with E-state index < -0.39 is 0 Å². The molecule has 3 aliphatic rings. The van der Waals surface area contributed by atoms with Crippen LogP contribution in [0.3, 0.4) is 0 Å². The van der Waals surface area contributed by atoms with Crippen LogP contribution in [0.5, 0.6) is 0 Å². The maximum atomic E-state index is 4.54. The molecule has 138 valence electrons. The molecule has 2 atom stereocenters. The zero-order chi connectivity index (χ0) is 16.6. The zero-order valence-electron chi connectivity index (χ0n) is 15.8. The van der Waals surface area contributed by atoms with Crippen LogP contribution in [-0.2, 0) is 0 Å². The van der Waals surface area contributed by atoms with Crippen molar-refractivity contribution >= 4 is 5.96 Å². The summed E-state index contributed by atoms with van der Waals surface area (Å²) in [6.45, 7) is 7.53. The molecule has 0 radical (unpaired) electrons. The van der Waals surface area contributed by atoms with E-state index in [2.05, 4.69) is 20.1 Å². The van der Waals surface area contributed by atoms with Crippen LogP contribution in [0.1, 0.15) is 64.2 Å². The van der Waals surface area contributed by atoms with Gasteiger partial charge in [0.05, 0.1) is 0 Å². The van der Waals surface area contributed by atoms with Crippen molar-refractivity contribution in [3.63, 3.8) is 0 Å². The first-order valence-electron chi connectivity index (χ1n) is 10.5. The van der Waals surface area contributed by atoms with E-state index in [9.17, 15) is 0 Å². The molecule has 3 fully saturated rings. The summed E-state index contributed by atoms with van der Waals surface area (Å²) in [5.74, 6) is 3.02. The summed E-state index contributed by atoms with van der Waals surface area (Å²) in [7, 11) is 1.95. The molecule has 0 amide bonds. The summed E-state index contributed by atoms with van der Waals surface area (Å²) in [5, 5.41) is 3.62. The molecule has 0 aromatic rings. The standard InChI is InChI=1S/C20H38N4/c1-21-20(24-16-18-10-4-5-11-19(18)17-24)22-12-6-2-7-13-23-14-8-3-9-15-23/h18-19H,2-17H2,1H3,(H,21,22). The topological polar surface area (TPSA) is 30.9 Å². The van der Waals surface area contributed by atoms with Crippen molar-refractivity contribution in [1.29, 1.82) is 0 Å². The van der Waals surface area contributed by atoms with Gasteiger partial charge in [0, 0.05) is 26.7 Å². The van der Waals surface area contributed by atoms with Crippen LogP contribution >= 0.6 is 0 Å². The van der Waals surface area contributed by atoms with E-state index >= 15 is 0 Å². The molecule has 0 aromatic heterocycles. The number of nitrogens with zero attached hydrogens (tertiary/aromatic N) is 3. The molecule has 0 bridgehead atoms. The SMILES string of the molecule is CN=C(NCCCCCN1CCCCC1)N1CC2CCCCC2C1. The number of nitrogens with one attached hydrogen (secondary N) is 1. The summed E-state index contributed by atoms with van der Waals surface area (Å²) in [6.07, 6.45) is 14.0. The molecule has 2 aliphatic heterocycles. The highest BCUT2D eigenvalue weighted by Crippen LogP contribution is 2.35. The predicted octanol–water partition coefficient (Wildman–Crippen LogP) is 3.34.